The van der Waals surface area contributed by atoms with Gasteiger partial charge in [0, 0.05) is 30.5 Å². The molecule has 3 rings (SSSR count). The predicted molar refractivity (Wildman–Crippen MR) is 109 cm³/mol. The highest BCUT2D eigenvalue weighted by atomic mass is 32.2. The molecular formula is C19H22N6O2S. The molecule has 2 amide bonds. The largest absolute Gasteiger partial charge is 0.372 e. The van der Waals surface area contributed by atoms with E-state index in [0.717, 1.165) is 18.8 Å². The van der Waals surface area contributed by atoms with Crippen molar-refractivity contribution in [2.45, 2.75) is 19.0 Å². The number of nitrogens with one attached hydrogen (secondary N) is 2. The van der Waals surface area contributed by atoms with Crippen molar-refractivity contribution in [2.75, 3.05) is 23.7 Å². The van der Waals surface area contributed by atoms with E-state index >= 15 is 0 Å². The number of anilines is 1. The minimum Gasteiger partial charge on any atom is -0.372 e. The lowest BCUT2D eigenvalue weighted by molar-refractivity contribution is -0.119. The van der Waals surface area contributed by atoms with Gasteiger partial charge in [0.2, 0.25) is 5.91 Å². The van der Waals surface area contributed by atoms with E-state index in [0.29, 0.717) is 16.4 Å². The van der Waals surface area contributed by atoms with Gasteiger partial charge >= 0.3 is 0 Å². The van der Waals surface area contributed by atoms with Crippen LogP contribution < -0.4 is 15.8 Å². The Bertz CT molecular complexity index is 952. The molecule has 2 heterocycles. The summed E-state index contributed by atoms with van der Waals surface area (Å²) in [6.07, 6.45) is 1.83. The quantitative estimate of drug-likeness (QED) is 0.468. The summed E-state index contributed by atoms with van der Waals surface area (Å²) in [5.41, 5.74) is 7.11. The summed E-state index contributed by atoms with van der Waals surface area (Å²) in [7, 11) is 0. The van der Waals surface area contributed by atoms with Gasteiger partial charge in [-0.2, -0.15) is 0 Å². The van der Waals surface area contributed by atoms with Crippen LogP contribution >= 0.6 is 11.8 Å². The number of carbonyl (C=O) groups is 2. The number of hydrogen-bond donors (Lipinski definition) is 2. The highest BCUT2D eigenvalue weighted by Crippen LogP contribution is 2.16. The molecule has 0 radical (unpaired) electrons. The summed E-state index contributed by atoms with van der Waals surface area (Å²) >= 11 is 1.24. The van der Waals surface area contributed by atoms with E-state index in [4.69, 9.17) is 0 Å². The summed E-state index contributed by atoms with van der Waals surface area (Å²) in [6, 6.07) is 12.9. The Kier molecular flexibility index (Phi) is 6.49. The number of amides is 2. The summed E-state index contributed by atoms with van der Waals surface area (Å²) in [5, 5.41) is 8.70. The maximum absolute atomic E-state index is 12.2. The number of carbonyl (C=O) groups excluding carboxylic acids is 2. The number of fused-ring (bicyclic) bond motifs is 1. The highest BCUT2D eigenvalue weighted by molar-refractivity contribution is 7.99. The molecule has 0 fully saturated rings. The summed E-state index contributed by atoms with van der Waals surface area (Å²) in [4.78, 5) is 26.4. The molecule has 2 aromatic heterocycles. The smallest absolute Gasteiger partial charge is 0.269 e. The Labute approximate surface area is 167 Å². The molecule has 0 spiro atoms. The first-order valence-electron chi connectivity index (χ1n) is 8.99. The van der Waals surface area contributed by atoms with Crippen LogP contribution in [-0.4, -0.2) is 45.3 Å². The molecular weight excluding hydrogens is 376 g/mol. The second-order valence-electron chi connectivity index (χ2n) is 5.92. The molecule has 2 N–H and O–H groups in total. The van der Waals surface area contributed by atoms with Gasteiger partial charge < -0.3 is 4.90 Å². The van der Waals surface area contributed by atoms with Crippen molar-refractivity contribution in [3.8, 4) is 0 Å². The van der Waals surface area contributed by atoms with Crippen LogP contribution in [-0.2, 0) is 4.79 Å². The second kappa shape index (κ2) is 9.23. The maximum Gasteiger partial charge on any atom is 0.269 e. The van der Waals surface area contributed by atoms with Crippen molar-refractivity contribution >= 4 is 34.9 Å². The Hall–Kier alpha value is -3.07. The Morgan fingerprint density at radius 3 is 2.50 bits per heavy atom. The summed E-state index contributed by atoms with van der Waals surface area (Å²) < 4.78 is 1.80. The van der Waals surface area contributed by atoms with E-state index in [2.05, 4.69) is 39.8 Å². The maximum atomic E-state index is 12.2. The van der Waals surface area contributed by atoms with Crippen molar-refractivity contribution in [3.05, 3.63) is 54.2 Å². The monoisotopic (exact) mass is 398 g/mol. The fourth-order valence-corrected chi connectivity index (χ4v) is 3.42. The fraction of sp³-hybridized carbons (Fsp3) is 0.263. The number of rotatable bonds is 7. The summed E-state index contributed by atoms with van der Waals surface area (Å²) in [5.74, 6) is -0.584. The van der Waals surface area contributed by atoms with Gasteiger partial charge in [-0.15, -0.1) is 10.2 Å². The van der Waals surface area contributed by atoms with E-state index in [1.54, 1.807) is 16.5 Å². The first-order valence-corrected chi connectivity index (χ1v) is 9.97. The average molecular weight is 398 g/mol. The SMILES string of the molecule is CCN(CC)c1ccc(C(=O)NNC(=O)CSc2nnc3ccccn23)cc1. The van der Waals surface area contributed by atoms with Crippen LogP contribution in [0.1, 0.15) is 24.2 Å². The van der Waals surface area contributed by atoms with Crippen LogP contribution in [0.25, 0.3) is 5.65 Å². The topological polar surface area (TPSA) is 91.6 Å². The van der Waals surface area contributed by atoms with E-state index in [-0.39, 0.29) is 17.6 Å². The molecule has 0 aliphatic rings. The van der Waals surface area contributed by atoms with Crippen molar-refractivity contribution in [1.82, 2.24) is 25.4 Å². The van der Waals surface area contributed by atoms with E-state index in [1.165, 1.54) is 11.8 Å². The van der Waals surface area contributed by atoms with Crippen LogP contribution in [0.15, 0.2) is 53.8 Å². The van der Waals surface area contributed by atoms with Gasteiger partial charge in [-0.05, 0) is 50.2 Å². The van der Waals surface area contributed by atoms with E-state index in [1.807, 2.05) is 36.5 Å². The molecule has 9 heteroatoms. The molecule has 8 nitrogen and oxygen atoms in total. The number of nitrogens with zero attached hydrogens (tertiary/aromatic N) is 4. The van der Waals surface area contributed by atoms with Gasteiger partial charge in [-0.1, -0.05) is 17.8 Å². The third kappa shape index (κ3) is 4.61. The Morgan fingerprint density at radius 2 is 1.79 bits per heavy atom. The van der Waals surface area contributed by atoms with Gasteiger partial charge in [0.15, 0.2) is 10.8 Å². The van der Waals surface area contributed by atoms with Crippen molar-refractivity contribution in [2.24, 2.45) is 0 Å². The summed E-state index contributed by atoms with van der Waals surface area (Å²) in [6.45, 7) is 5.97. The molecule has 0 aliphatic heterocycles. The normalized spacial score (nSPS) is 10.6. The van der Waals surface area contributed by atoms with Crippen molar-refractivity contribution < 1.29 is 9.59 Å². The minimum absolute atomic E-state index is 0.108. The number of benzene rings is 1. The van der Waals surface area contributed by atoms with Crippen LogP contribution in [0.2, 0.25) is 0 Å². The van der Waals surface area contributed by atoms with Gasteiger partial charge in [-0.25, -0.2) is 0 Å². The molecule has 0 saturated heterocycles. The molecule has 3 aromatic rings. The third-order valence-corrected chi connectivity index (χ3v) is 5.13. The predicted octanol–water partition coefficient (Wildman–Crippen LogP) is 2.13. The van der Waals surface area contributed by atoms with Gasteiger partial charge in [0.05, 0.1) is 5.75 Å². The number of hydrazine groups is 1. The molecule has 1 aromatic carbocycles. The zero-order valence-electron chi connectivity index (χ0n) is 15.8. The molecule has 0 saturated carbocycles. The third-order valence-electron chi connectivity index (χ3n) is 4.19. The zero-order valence-corrected chi connectivity index (χ0v) is 16.6. The van der Waals surface area contributed by atoms with Crippen LogP contribution in [0.5, 0.6) is 0 Å². The van der Waals surface area contributed by atoms with E-state index < -0.39 is 0 Å². The molecule has 146 valence electrons. The van der Waals surface area contributed by atoms with E-state index in [9.17, 15) is 9.59 Å². The molecule has 0 bridgehead atoms. The molecule has 0 aliphatic carbocycles. The number of thioether (sulfide) groups is 1. The first kappa shape index (κ1) is 19.7. The lowest BCUT2D eigenvalue weighted by Crippen LogP contribution is -2.42. The van der Waals surface area contributed by atoms with Crippen molar-refractivity contribution in [3.63, 3.8) is 0 Å². The number of hydrogen-bond acceptors (Lipinski definition) is 6. The minimum atomic E-state index is -0.364. The fourth-order valence-electron chi connectivity index (χ4n) is 2.70. The Balaban J connectivity index is 1.49. The first-order chi connectivity index (χ1) is 13.6. The van der Waals surface area contributed by atoms with Gasteiger partial charge in [0.25, 0.3) is 5.91 Å². The van der Waals surface area contributed by atoms with Gasteiger partial charge in [-0.3, -0.25) is 24.8 Å². The lowest BCUT2D eigenvalue weighted by atomic mass is 10.2. The number of pyridine rings is 1. The van der Waals surface area contributed by atoms with Gasteiger partial charge in [0.1, 0.15) is 0 Å². The van der Waals surface area contributed by atoms with Crippen molar-refractivity contribution in [1.29, 1.82) is 0 Å². The number of aromatic nitrogens is 3. The van der Waals surface area contributed by atoms with Crippen LogP contribution in [0, 0.1) is 0 Å². The molecule has 28 heavy (non-hydrogen) atoms. The average Bonchev–Trinajstić information content (AvgIpc) is 3.15. The second-order valence-corrected chi connectivity index (χ2v) is 6.86. The molecule has 0 unspecified atom stereocenters. The van der Waals surface area contributed by atoms with Crippen LogP contribution in [0.3, 0.4) is 0 Å². The highest BCUT2D eigenvalue weighted by Gasteiger charge is 2.11. The lowest BCUT2D eigenvalue weighted by Gasteiger charge is -2.21. The Morgan fingerprint density at radius 1 is 1.04 bits per heavy atom. The molecule has 0 atom stereocenters. The standard InChI is InChI=1S/C19H22N6O2S/c1-3-24(4-2)15-10-8-14(9-11-15)18(27)22-21-17(26)13-28-19-23-20-16-7-5-6-12-25(16)19/h5-12H,3-4,13H2,1-2H3,(H,21,26)(H,22,27). The zero-order chi connectivity index (χ0) is 19.9. The van der Waals surface area contributed by atoms with Crippen LogP contribution in [0.4, 0.5) is 5.69 Å².